The van der Waals surface area contributed by atoms with Crippen LogP contribution in [0.25, 0.3) is 0 Å². The highest BCUT2D eigenvalue weighted by atomic mass is 16.5. The molecule has 1 saturated heterocycles. The first-order chi connectivity index (χ1) is 14.7. The van der Waals surface area contributed by atoms with Gasteiger partial charge in [0.25, 0.3) is 5.91 Å². The molecule has 1 atom stereocenters. The maximum Gasteiger partial charge on any atom is 0.325 e. The van der Waals surface area contributed by atoms with E-state index in [2.05, 4.69) is 48.7 Å². The van der Waals surface area contributed by atoms with Crippen LogP contribution in [0.5, 0.6) is 5.75 Å². The van der Waals surface area contributed by atoms with E-state index in [0.29, 0.717) is 30.2 Å². The molecule has 0 unspecified atom stereocenters. The molecule has 2 aromatic rings. The minimum absolute atomic E-state index is 0.323. The fourth-order valence-electron chi connectivity index (χ4n) is 3.59. The van der Waals surface area contributed by atoms with Gasteiger partial charge in [-0.05, 0) is 48.1 Å². The summed E-state index contributed by atoms with van der Waals surface area (Å²) in [5.41, 5.74) is 1.73. The first-order valence-electron chi connectivity index (χ1n) is 10.4. The molecule has 1 aliphatic rings. The molecular weight excluding hydrogens is 394 g/mol. The van der Waals surface area contributed by atoms with Crippen molar-refractivity contribution in [2.24, 2.45) is 0 Å². The molecule has 0 spiro atoms. The van der Waals surface area contributed by atoms with Gasteiger partial charge in [0.05, 0.1) is 7.11 Å². The maximum atomic E-state index is 13.0. The molecule has 0 aliphatic carbocycles. The molecule has 7 heteroatoms. The van der Waals surface area contributed by atoms with Crippen LogP contribution >= 0.6 is 0 Å². The van der Waals surface area contributed by atoms with Crippen LogP contribution < -0.4 is 15.4 Å². The van der Waals surface area contributed by atoms with Crippen LogP contribution in [-0.2, 0) is 21.5 Å². The molecule has 1 aliphatic heterocycles. The summed E-state index contributed by atoms with van der Waals surface area (Å²) < 4.78 is 5.21. The predicted molar refractivity (Wildman–Crippen MR) is 118 cm³/mol. The standard InChI is InChI=1S/C24H29N3O4/c1-16(2)18-10-8-17(9-11-18)12-13-25-21(28)15-27-22(29)24(3,26-23(27)30)19-6-5-7-20(14-19)31-4/h5-11,14,16H,12-13,15H2,1-4H3,(H,25,28)(H,26,30)/t24-/m1/s1. The number of amides is 4. The van der Waals surface area contributed by atoms with Gasteiger partial charge in [0.1, 0.15) is 17.8 Å². The molecule has 2 aromatic carbocycles. The Balaban J connectivity index is 1.57. The van der Waals surface area contributed by atoms with E-state index in [9.17, 15) is 14.4 Å². The molecule has 3 rings (SSSR count). The van der Waals surface area contributed by atoms with Crippen molar-refractivity contribution in [3.05, 3.63) is 65.2 Å². The summed E-state index contributed by atoms with van der Waals surface area (Å²) >= 11 is 0. The van der Waals surface area contributed by atoms with E-state index in [4.69, 9.17) is 4.74 Å². The van der Waals surface area contributed by atoms with Gasteiger partial charge in [-0.25, -0.2) is 4.79 Å². The van der Waals surface area contributed by atoms with Crippen molar-refractivity contribution in [2.75, 3.05) is 20.2 Å². The van der Waals surface area contributed by atoms with Gasteiger partial charge in [0.15, 0.2) is 0 Å². The third-order valence-corrected chi connectivity index (χ3v) is 5.61. The van der Waals surface area contributed by atoms with E-state index in [1.807, 2.05) is 0 Å². The predicted octanol–water partition coefficient (Wildman–Crippen LogP) is 2.94. The molecule has 0 saturated carbocycles. The topological polar surface area (TPSA) is 87.7 Å². The molecule has 2 N–H and O–H groups in total. The second kappa shape index (κ2) is 9.20. The molecule has 4 amide bonds. The van der Waals surface area contributed by atoms with Gasteiger partial charge in [0.2, 0.25) is 5.91 Å². The Bertz CT molecular complexity index is 971. The minimum Gasteiger partial charge on any atom is -0.497 e. The molecule has 1 heterocycles. The molecule has 164 valence electrons. The number of hydrogen-bond acceptors (Lipinski definition) is 4. The lowest BCUT2D eigenvalue weighted by atomic mass is 9.92. The summed E-state index contributed by atoms with van der Waals surface area (Å²) in [5, 5.41) is 5.49. The Morgan fingerprint density at radius 3 is 2.52 bits per heavy atom. The van der Waals surface area contributed by atoms with Crippen molar-refractivity contribution in [1.82, 2.24) is 15.5 Å². The largest absolute Gasteiger partial charge is 0.497 e. The van der Waals surface area contributed by atoms with Crippen molar-refractivity contribution >= 4 is 17.8 Å². The first kappa shape index (κ1) is 22.3. The average Bonchev–Trinajstić information content (AvgIpc) is 2.98. The van der Waals surface area contributed by atoms with Gasteiger partial charge in [-0.2, -0.15) is 0 Å². The SMILES string of the molecule is COc1cccc([C@@]2(C)NC(=O)N(CC(=O)NCCc3ccc(C(C)C)cc3)C2=O)c1. The number of urea groups is 1. The van der Waals surface area contributed by atoms with Crippen molar-refractivity contribution in [3.8, 4) is 5.75 Å². The summed E-state index contributed by atoms with van der Waals surface area (Å²) in [7, 11) is 1.53. The highest BCUT2D eigenvalue weighted by molar-refractivity contribution is 6.09. The Kier molecular flexibility index (Phi) is 6.63. The van der Waals surface area contributed by atoms with Gasteiger partial charge in [-0.3, -0.25) is 14.5 Å². The van der Waals surface area contributed by atoms with Gasteiger partial charge >= 0.3 is 6.03 Å². The van der Waals surface area contributed by atoms with Gasteiger partial charge in [0, 0.05) is 6.54 Å². The van der Waals surface area contributed by atoms with E-state index in [1.54, 1.807) is 31.2 Å². The van der Waals surface area contributed by atoms with Crippen molar-refractivity contribution in [3.63, 3.8) is 0 Å². The monoisotopic (exact) mass is 423 g/mol. The Labute approximate surface area is 182 Å². The van der Waals surface area contributed by atoms with Gasteiger partial charge in [-0.15, -0.1) is 0 Å². The number of carbonyl (C=O) groups excluding carboxylic acids is 3. The summed E-state index contributed by atoms with van der Waals surface area (Å²) in [6.07, 6.45) is 0.672. The van der Waals surface area contributed by atoms with Crippen LogP contribution in [0.15, 0.2) is 48.5 Å². The lowest BCUT2D eigenvalue weighted by molar-refractivity contribution is -0.134. The molecule has 0 bridgehead atoms. The molecular formula is C24H29N3O4. The average molecular weight is 424 g/mol. The van der Waals surface area contributed by atoms with Crippen LogP contribution in [0.4, 0.5) is 4.79 Å². The Morgan fingerprint density at radius 1 is 1.16 bits per heavy atom. The lowest BCUT2D eigenvalue weighted by Crippen LogP contribution is -2.43. The van der Waals surface area contributed by atoms with Crippen LogP contribution in [0.1, 0.15) is 43.4 Å². The zero-order valence-electron chi connectivity index (χ0n) is 18.4. The van der Waals surface area contributed by atoms with Crippen molar-refractivity contribution < 1.29 is 19.1 Å². The third-order valence-electron chi connectivity index (χ3n) is 5.61. The normalized spacial score (nSPS) is 18.3. The fraction of sp³-hybridized carbons (Fsp3) is 0.375. The second-order valence-electron chi connectivity index (χ2n) is 8.17. The summed E-state index contributed by atoms with van der Waals surface area (Å²) in [4.78, 5) is 38.7. The first-order valence-corrected chi connectivity index (χ1v) is 10.4. The summed E-state index contributed by atoms with van der Waals surface area (Å²) in [6, 6.07) is 14.7. The number of imide groups is 1. The Hall–Kier alpha value is -3.35. The number of methoxy groups -OCH3 is 1. The quantitative estimate of drug-likeness (QED) is 0.639. The summed E-state index contributed by atoms with van der Waals surface area (Å²) in [6.45, 7) is 6.02. The highest BCUT2D eigenvalue weighted by Gasteiger charge is 2.49. The third kappa shape index (κ3) is 4.87. The van der Waals surface area contributed by atoms with E-state index in [-0.39, 0.29) is 12.5 Å². The van der Waals surface area contributed by atoms with E-state index < -0.39 is 17.5 Å². The van der Waals surface area contributed by atoms with Crippen LogP contribution in [0.3, 0.4) is 0 Å². The van der Waals surface area contributed by atoms with Crippen LogP contribution in [-0.4, -0.2) is 42.9 Å². The zero-order chi connectivity index (χ0) is 22.6. The highest BCUT2D eigenvalue weighted by Crippen LogP contribution is 2.30. The van der Waals surface area contributed by atoms with Crippen LogP contribution in [0.2, 0.25) is 0 Å². The molecule has 7 nitrogen and oxygen atoms in total. The molecule has 1 fully saturated rings. The Morgan fingerprint density at radius 2 is 1.87 bits per heavy atom. The number of benzene rings is 2. The van der Waals surface area contributed by atoms with Crippen LogP contribution in [0, 0.1) is 0 Å². The van der Waals surface area contributed by atoms with E-state index in [1.165, 1.54) is 12.7 Å². The fourth-order valence-corrected chi connectivity index (χ4v) is 3.59. The lowest BCUT2D eigenvalue weighted by Gasteiger charge is -2.22. The molecule has 31 heavy (non-hydrogen) atoms. The molecule has 0 aromatic heterocycles. The van der Waals surface area contributed by atoms with Crippen molar-refractivity contribution in [2.45, 2.75) is 38.6 Å². The smallest absolute Gasteiger partial charge is 0.325 e. The maximum absolute atomic E-state index is 13.0. The minimum atomic E-state index is -1.25. The summed E-state index contributed by atoms with van der Waals surface area (Å²) in [5.74, 6) is 0.210. The van der Waals surface area contributed by atoms with Gasteiger partial charge in [-0.1, -0.05) is 50.2 Å². The second-order valence-corrected chi connectivity index (χ2v) is 8.17. The van der Waals surface area contributed by atoms with Crippen molar-refractivity contribution in [1.29, 1.82) is 0 Å². The number of nitrogens with one attached hydrogen (secondary N) is 2. The van der Waals surface area contributed by atoms with E-state index >= 15 is 0 Å². The number of carbonyl (C=O) groups is 3. The number of hydrogen-bond donors (Lipinski definition) is 2. The molecule has 0 radical (unpaired) electrons. The number of rotatable bonds is 8. The zero-order valence-corrected chi connectivity index (χ0v) is 18.4. The number of nitrogens with zero attached hydrogens (tertiary/aromatic N) is 1. The van der Waals surface area contributed by atoms with Gasteiger partial charge < -0.3 is 15.4 Å². The van der Waals surface area contributed by atoms with E-state index in [0.717, 1.165) is 10.5 Å². The number of ether oxygens (including phenoxy) is 1.